The van der Waals surface area contributed by atoms with Crippen LogP contribution in [0, 0.1) is 12.3 Å². The molecule has 1 fully saturated rings. The van der Waals surface area contributed by atoms with Gasteiger partial charge >= 0.3 is 0 Å². The number of hydrogen-bond donors (Lipinski definition) is 1. The molecule has 0 aromatic heterocycles. The highest BCUT2D eigenvalue weighted by Crippen LogP contribution is 2.23. The summed E-state index contributed by atoms with van der Waals surface area (Å²) in [6.07, 6.45) is 20.9. The second-order valence-electron chi connectivity index (χ2n) is 5.73. The van der Waals surface area contributed by atoms with Crippen molar-refractivity contribution >= 4 is 0 Å². The van der Waals surface area contributed by atoms with Gasteiger partial charge in [0.2, 0.25) is 0 Å². The molecule has 0 aromatic carbocycles. The molecule has 0 bridgehead atoms. The Labute approximate surface area is 109 Å². The predicted molar refractivity (Wildman–Crippen MR) is 76.9 cm³/mol. The summed E-state index contributed by atoms with van der Waals surface area (Å²) < 4.78 is 0. The van der Waals surface area contributed by atoms with Gasteiger partial charge in [0.15, 0.2) is 0 Å². The van der Waals surface area contributed by atoms with Crippen LogP contribution in [0.25, 0.3) is 0 Å². The predicted octanol–water partition coefficient (Wildman–Crippen LogP) is 4.85. The first-order valence-corrected chi connectivity index (χ1v) is 7.95. The van der Waals surface area contributed by atoms with E-state index in [-0.39, 0.29) is 0 Å². The standard InChI is InChI=1S/C16H32N/c17-15-11-14-16-12-9-7-5-3-1-2-4-6-8-10-13-16/h9,16H,1-8,10-15,17H2. The van der Waals surface area contributed by atoms with Crippen molar-refractivity contribution in [3.63, 3.8) is 0 Å². The van der Waals surface area contributed by atoms with Crippen molar-refractivity contribution in [2.75, 3.05) is 6.54 Å². The first-order valence-electron chi connectivity index (χ1n) is 7.95. The third kappa shape index (κ3) is 8.65. The van der Waals surface area contributed by atoms with Gasteiger partial charge in [-0.3, -0.25) is 0 Å². The Bertz CT molecular complexity index is 142. The maximum Gasteiger partial charge on any atom is -0.00772 e. The molecule has 1 aliphatic carbocycles. The van der Waals surface area contributed by atoms with Gasteiger partial charge in [-0.25, -0.2) is 0 Å². The van der Waals surface area contributed by atoms with Crippen molar-refractivity contribution in [1.29, 1.82) is 0 Å². The molecule has 0 aliphatic heterocycles. The molecule has 0 spiro atoms. The van der Waals surface area contributed by atoms with E-state index >= 15 is 0 Å². The summed E-state index contributed by atoms with van der Waals surface area (Å²) in [5.41, 5.74) is 5.63. The van der Waals surface area contributed by atoms with Gasteiger partial charge in [0.1, 0.15) is 0 Å². The zero-order valence-electron chi connectivity index (χ0n) is 11.6. The highest BCUT2D eigenvalue weighted by molar-refractivity contribution is 4.72. The van der Waals surface area contributed by atoms with E-state index in [0.717, 1.165) is 12.5 Å². The number of rotatable bonds is 3. The van der Waals surface area contributed by atoms with Gasteiger partial charge in [-0.05, 0) is 38.1 Å². The van der Waals surface area contributed by atoms with Crippen molar-refractivity contribution in [3.8, 4) is 0 Å². The molecule has 101 valence electrons. The third-order valence-electron chi connectivity index (χ3n) is 4.09. The van der Waals surface area contributed by atoms with Gasteiger partial charge < -0.3 is 5.73 Å². The van der Waals surface area contributed by atoms with Crippen LogP contribution in [0.5, 0.6) is 0 Å². The molecule has 1 saturated carbocycles. The van der Waals surface area contributed by atoms with E-state index < -0.39 is 0 Å². The summed E-state index contributed by atoms with van der Waals surface area (Å²) in [6, 6.07) is 0. The Morgan fingerprint density at radius 2 is 1.53 bits per heavy atom. The molecule has 17 heavy (non-hydrogen) atoms. The molecule has 0 heterocycles. The SMILES string of the molecule is NCCCC1C[CH]CCCCCCCCCC1. The van der Waals surface area contributed by atoms with Gasteiger partial charge in [-0.2, -0.15) is 0 Å². The van der Waals surface area contributed by atoms with Crippen molar-refractivity contribution in [2.45, 2.75) is 83.5 Å². The van der Waals surface area contributed by atoms with Crippen LogP contribution < -0.4 is 5.73 Å². The van der Waals surface area contributed by atoms with E-state index in [0.29, 0.717) is 0 Å². The van der Waals surface area contributed by atoms with E-state index in [1.165, 1.54) is 83.5 Å². The fraction of sp³-hybridized carbons (Fsp3) is 0.938. The van der Waals surface area contributed by atoms with E-state index in [4.69, 9.17) is 5.73 Å². The summed E-state index contributed by atoms with van der Waals surface area (Å²) in [7, 11) is 0. The smallest absolute Gasteiger partial charge is 0.00772 e. The normalized spacial score (nSPS) is 22.4. The van der Waals surface area contributed by atoms with Crippen molar-refractivity contribution in [3.05, 3.63) is 6.42 Å². The van der Waals surface area contributed by atoms with Crippen LogP contribution in [-0.4, -0.2) is 6.54 Å². The zero-order chi connectivity index (χ0) is 12.2. The molecule has 1 nitrogen and oxygen atoms in total. The molecular formula is C16H32N. The molecule has 0 amide bonds. The highest BCUT2D eigenvalue weighted by Gasteiger charge is 2.08. The zero-order valence-corrected chi connectivity index (χ0v) is 11.6. The lowest BCUT2D eigenvalue weighted by atomic mass is 9.91. The maximum atomic E-state index is 5.63. The van der Waals surface area contributed by atoms with Crippen molar-refractivity contribution < 1.29 is 0 Å². The summed E-state index contributed by atoms with van der Waals surface area (Å²) in [5, 5.41) is 0. The quantitative estimate of drug-likeness (QED) is 0.747. The van der Waals surface area contributed by atoms with Crippen LogP contribution in [-0.2, 0) is 0 Å². The second kappa shape index (κ2) is 11.1. The topological polar surface area (TPSA) is 26.0 Å². The summed E-state index contributed by atoms with van der Waals surface area (Å²) in [4.78, 5) is 0. The molecule has 0 saturated heterocycles. The van der Waals surface area contributed by atoms with E-state index in [9.17, 15) is 0 Å². The molecular weight excluding hydrogens is 206 g/mol. The van der Waals surface area contributed by atoms with Gasteiger partial charge in [0.25, 0.3) is 0 Å². The Kier molecular flexibility index (Phi) is 9.78. The summed E-state index contributed by atoms with van der Waals surface area (Å²) in [5.74, 6) is 0.930. The Balaban J connectivity index is 2.20. The Hall–Kier alpha value is -0.0400. The average Bonchev–Trinajstić information content (AvgIpc) is 2.37. The van der Waals surface area contributed by atoms with Crippen LogP contribution in [0.1, 0.15) is 83.5 Å². The molecule has 1 aliphatic rings. The largest absolute Gasteiger partial charge is 0.330 e. The van der Waals surface area contributed by atoms with E-state index in [2.05, 4.69) is 6.42 Å². The fourth-order valence-electron chi connectivity index (χ4n) is 2.92. The molecule has 1 heteroatoms. The summed E-state index contributed by atoms with van der Waals surface area (Å²) in [6.45, 7) is 0.872. The van der Waals surface area contributed by atoms with E-state index in [1.54, 1.807) is 0 Å². The highest BCUT2D eigenvalue weighted by atomic mass is 14.5. The van der Waals surface area contributed by atoms with Crippen molar-refractivity contribution in [2.24, 2.45) is 11.7 Å². The summed E-state index contributed by atoms with van der Waals surface area (Å²) >= 11 is 0. The maximum absolute atomic E-state index is 5.63. The third-order valence-corrected chi connectivity index (χ3v) is 4.09. The molecule has 1 unspecified atom stereocenters. The van der Waals surface area contributed by atoms with Crippen LogP contribution >= 0.6 is 0 Å². The Morgan fingerprint density at radius 3 is 2.24 bits per heavy atom. The van der Waals surface area contributed by atoms with Crippen LogP contribution in [0.4, 0.5) is 0 Å². The van der Waals surface area contributed by atoms with Crippen LogP contribution in [0.2, 0.25) is 0 Å². The molecule has 2 N–H and O–H groups in total. The average molecular weight is 238 g/mol. The minimum absolute atomic E-state index is 0.872. The van der Waals surface area contributed by atoms with Gasteiger partial charge in [0.05, 0.1) is 0 Å². The van der Waals surface area contributed by atoms with Gasteiger partial charge in [0, 0.05) is 0 Å². The first-order chi connectivity index (χ1) is 8.43. The first kappa shape index (κ1) is 15.0. The van der Waals surface area contributed by atoms with Crippen LogP contribution in [0.3, 0.4) is 0 Å². The molecule has 1 rings (SSSR count). The molecule has 1 radical (unpaired) electrons. The van der Waals surface area contributed by atoms with Gasteiger partial charge in [-0.1, -0.05) is 64.2 Å². The minimum atomic E-state index is 0.872. The minimum Gasteiger partial charge on any atom is -0.330 e. The lowest BCUT2D eigenvalue weighted by Crippen LogP contribution is -2.06. The molecule has 1 atom stereocenters. The lowest BCUT2D eigenvalue weighted by Gasteiger charge is -2.16. The second-order valence-corrected chi connectivity index (χ2v) is 5.73. The number of nitrogens with two attached hydrogens (primary N) is 1. The Morgan fingerprint density at radius 1 is 0.882 bits per heavy atom. The molecule has 0 aromatic rings. The lowest BCUT2D eigenvalue weighted by molar-refractivity contribution is 0.407. The van der Waals surface area contributed by atoms with Crippen LogP contribution in [0.15, 0.2) is 0 Å². The fourth-order valence-corrected chi connectivity index (χ4v) is 2.92. The van der Waals surface area contributed by atoms with Crippen molar-refractivity contribution in [1.82, 2.24) is 0 Å². The number of hydrogen-bond acceptors (Lipinski definition) is 1. The van der Waals surface area contributed by atoms with Gasteiger partial charge in [-0.15, -0.1) is 0 Å². The van der Waals surface area contributed by atoms with E-state index in [1.807, 2.05) is 0 Å². The monoisotopic (exact) mass is 238 g/mol.